The number of amides is 1. The van der Waals surface area contributed by atoms with Gasteiger partial charge in [-0.2, -0.15) is 13.2 Å². The molecule has 0 saturated carbocycles. The van der Waals surface area contributed by atoms with Crippen LogP contribution in [0.15, 0.2) is 48.8 Å². The summed E-state index contributed by atoms with van der Waals surface area (Å²) in [5.41, 5.74) is 2.06. The van der Waals surface area contributed by atoms with Crippen LogP contribution in [-0.2, 0) is 30.2 Å². The highest BCUT2D eigenvalue weighted by Crippen LogP contribution is 2.33. The first-order valence-corrected chi connectivity index (χ1v) is 13.6. The second kappa shape index (κ2) is 12.2. The summed E-state index contributed by atoms with van der Waals surface area (Å²) < 4.78 is 46.7. The predicted molar refractivity (Wildman–Crippen MR) is 148 cm³/mol. The molecule has 0 aliphatic carbocycles. The maximum atomic E-state index is 13.7. The number of ether oxygens (including phenoxy) is 1. The fraction of sp³-hybridized carbons (Fsp3) is 0.467. The fourth-order valence-electron chi connectivity index (χ4n) is 4.87. The lowest BCUT2D eigenvalue weighted by molar-refractivity contribution is -0.138. The average molecular weight is 556 g/mol. The smallest absolute Gasteiger partial charge is 0.419 e. The molecule has 1 aromatic carbocycles. The number of nitrogens with one attached hydrogen (secondary N) is 1. The van der Waals surface area contributed by atoms with Gasteiger partial charge in [0.2, 0.25) is 5.95 Å². The Morgan fingerprint density at radius 3 is 2.48 bits per heavy atom. The number of hydrogen-bond donors (Lipinski definition) is 1. The van der Waals surface area contributed by atoms with Crippen LogP contribution in [0, 0.1) is 0 Å². The summed E-state index contributed by atoms with van der Waals surface area (Å²) in [4.78, 5) is 26.8. The number of alkyl halides is 3. The second-order valence-electron chi connectivity index (χ2n) is 11.0. The zero-order valence-electron chi connectivity index (χ0n) is 23.4. The molecule has 214 valence electrons. The predicted octanol–water partition coefficient (Wildman–Crippen LogP) is 7.10. The van der Waals surface area contributed by atoms with E-state index in [0.717, 1.165) is 42.3 Å². The average Bonchev–Trinajstić information content (AvgIpc) is 2.91. The van der Waals surface area contributed by atoms with E-state index in [1.807, 2.05) is 64.1 Å². The van der Waals surface area contributed by atoms with Crippen LogP contribution in [0.1, 0.15) is 74.5 Å². The Morgan fingerprint density at radius 2 is 1.80 bits per heavy atom. The first kappa shape index (κ1) is 29.3. The molecule has 1 saturated heterocycles. The SMILES string of the molecule is CCc1cccnc1CCc1nc(Nc2ccc(C3CCCN(C(=O)OC(C)(C)C)C3)cc2)ncc1C(F)(F)F. The van der Waals surface area contributed by atoms with Crippen molar-refractivity contribution in [3.05, 3.63) is 76.9 Å². The quantitative estimate of drug-likeness (QED) is 0.335. The lowest BCUT2D eigenvalue weighted by atomic mass is 9.90. The van der Waals surface area contributed by atoms with E-state index in [2.05, 4.69) is 20.3 Å². The monoisotopic (exact) mass is 555 g/mol. The van der Waals surface area contributed by atoms with Gasteiger partial charge in [0, 0.05) is 42.8 Å². The molecule has 0 bridgehead atoms. The standard InChI is InChI=1S/C30H36F3N5O2/c1-5-20-8-6-16-34-25(20)14-15-26-24(30(31,32)33)18-35-27(37-26)36-23-12-10-21(11-13-23)22-9-7-17-38(19-22)28(39)40-29(2,3)4/h6,8,10-13,16,18,22H,5,7,9,14-15,17,19H2,1-4H3,(H,35,36,37). The fourth-order valence-corrected chi connectivity index (χ4v) is 4.87. The Labute approximate surface area is 233 Å². The number of aryl methyl sites for hydroxylation is 3. The zero-order chi connectivity index (χ0) is 28.9. The van der Waals surface area contributed by atoms with E-state index in [0.29, 0.717) is 25.2 Å². The Morgan fingerprint density at radius 1 is 1.07 bits per heavy atom. The van der Waals surface area contributed by atoms with Crippen molar-refractivity contribution in [2.75, 3.05) is 18.4 Å². The molecule has 1 fully saturated rings. The van der Waals surface area contributed by atoms with E-state index in [1.54, 1.807) is 11.1 Å². The van der Waals surface area contributed by atoms with Gasteiger partial charge in [0.15, 0.2) is 0 Å². The first-order chi connectivity index (χ1) is 18.9. The number of halogens is 3. The number of hydrogen-bond acceptors (Lipinski definition) is 6. The number of pyridine rings is 1. The molecule has 1 unspecified atom stereocenters. The van der Waals surface area contributed by atoms with Gasteiger partial charge in [0.25, 0.3) is 0 Å². The first-order valence-electron chi connectivity index (χ1n) is 13.6. The van der Waals surface area contributed by atoms with Gasteiger partial charge < -0.3 is 15.0 Å². The van der Waals surface area contributed by atoms with Crippen molar-refractivity contribution in [2.45, 2.75) is 77.5 Å². The number of likely N-dealkylation sites (tertiary alicyclic amines) is 1. The van der Waals surface area contributed by atoms with Gasteiger partial charge in [0.05, 0.1) is 11.3 Å². The molecule has 0 radical (unpaired) electrons. The minimum absolute atomic E-state index is 0.0706. The highest BCUT2D eigenvalue weighted by molar-refractivity contribution is 5.68. The van der Waals surface area contributed by atoms with Crippen molar-refractivity contribution < 1.29 is 22.7 Å². The molecule has 1 N–H and O–H groups in total. The van der Waals surface area contributed by atoms with Gasteiger partial charge >= 0.3 is 12.3 Å². The molecule has 1 aliphatic heterocycles. The van der Waals surface area contributed by atoms with Crippen molar-refractivity contribution >= 4 is 17.7 Å². The summed E-state index contributed by atoms with van der Waals surface area (Å²) >= 11 is 0. The molecule has 3 heterocycles. The summed E-state index contributed by atoms with van der Waals surface area (Å²) in [6.07, 6.45) is 0.647. The number of piperidine rings is 1. The van der Waals surface area contributed by atoms with Crippen LogP contribution in [0.3, 0.4) is 0 Å². The van der Waals surface area contributed by atoms with E-state index in [-0.39, 0.29) is 30.1 Å². The van der Waals surface area contributed by atoms with E-state index in [4.69, 9.17) is 4.74 Å². The number of anilines is 2. The van der Waals surface area contributed by atoms with Crippen LogP contribution < -0.4 is 5.32 Å². The summed E-state index contributed by atoms with van der Waals surface area (Å²) in [6.45, 7) is 8.78. The Kier molecular flexibility index (Phi) is 8.95. The van der Waals surface area contributed by atoms with E-state index in [9.17, 15) is 18.0 Å². The summed E-state index contributed by atoms with van der Waals surface area (Å²) in [5, 5.41) is 3.04. The molecule has 7 nitrogen and oxygen atoms in total. The summed E-state index contributed by atoms with van der Waals surface area (Å²) in [7, 11) is 0. The number of aromatic nitrogens is 3. The lowest BCUT2D eigenvalue weighted by Crippen LogP contribution is -2.42. The van der Waals surface area contributed by atoms with Crippen molar-refractivity contribution in [1.29, 1.82) is 0 Å². The minimum atomic E-state index is -4.56. The van der Waals surface area contributed by atoms with Crippen LogP contribution in [-0.4, -0.2) is 44.6 Å². The molecular weight excluding hydrogens is 519 g/mol. The topological polar surface area (TPSA) is 80.2 Å². The van der Waals surface area contributed by atoms with Gasteiger partial charge in [-0.25, -0.2) is 14.8 Å². The Balaban J connectivity index is 1.45. The third-order valence-electron chi connectivity index (χ3n) is 6.85. The van der Waals surface area contributed by atoms with Crippen LogP contribution in [0.5, 0.6) is 0 Å². The Hall–Kier alpha value is -3.69. The van der Waals surface area contributed by atoms with Crippen LogP contribution in [0.2, 0.25) is 0 Å². The maximum Gasteiger partial charge on any atom is 0.419 e. The Bertz CT molecular complexity index is 1310. The third-order valence-corrected chi connectivity index (χ3v) is 6.85. The summed E-state index contributed by atoms with van der Waals surface area (Å²) in [5.74, 6) is 0.269. The highest BCUT2D eigenvalue weighted by Gasteiger charge is 2.35. The molecule has 1 aliphatic rings. The molecule has 40 heavy (non-hydrogen) atoms. The highest BCUT2D eigenvalue weighted by atomic mass is 19.4. The number of rotatable bonds is 7. The maximum absolute atomic E-state index is 13.7. The number of carbonyl (C=O) groups excluding carboxylic acids is 1. The van der Waals surface area contributed by atoms with Crippen LogP contribution >= 0.6 is 0 Å². The third kappa shape index (κ3) is 7.70. The second-order valence-corrected chi connectivity index (χ2v) is 11.0. The molecule has 1 amide bonds. The number of nitrogens with zero attached hydrogens (tertiary/aromatic N) is 4. The molecule has 0 spiro atoms. The van der Waals surface area contributed by atoms with Crippen molar-refractivity contribution in [1.82, 2.24) is 19.9 Å². The number of benzene rings is 1. The van der Waals surface area contributed by atoms with Gasteiger partial charge in [-0.15, -0.1) is 0 Å². The largest absolute Gasteiger partial charge is 0.444 e. The van der Waals surface area contributed by atoms with Crippen molar-refractivity contribution in [2.24, 2.45) is 0 Å². The molecule has 1 atom stereocenters. The number of carbonyl (C=O) groups is 1. The van der Waals surface area contributed by atoms with Gasteiger partial charge in [-0.3, -0.25) is 4.98 Å². The van der Waals surface area contributed by atoms with Gasteiger partial charge in [0.1, 0.15) is 5.60 Å². The molecule has 10 heteroatoms. The van der Waals surface area contributed by atoms with E-state index >= 15 is 0 Å². The summed E-state index contributed by atoms with van der Waals surface area (Å²) in [6, 6.07) is 11.4. The normalized spacial score (nSPS) is 16.1. The molecule has 4 rings (SSSR count). The van der Waals surface area contributed by atoms with E-state index < -0.39 is 17.3 Å². The molecule has 2 aromatic heterocycles. The van der Waals surface area contributed by atoms with Crippen molar-refractivity contribution in [3.8, 4) is 0 Å². The van der Waals surface area contributed by atoms with Crippen LogP contribution in [0.4, 0.5) is 29.6 Å². The molecule has 3 aromatic rings. The van der Waals surface area contributed by atoms with Gasteiger partial charge in [-0.1, -0.05) is 25.1 Å². The van der Waals surface area contributed by atoms with E-state index in [1.165, 1.54) is 0 Å². The van der Waals surface area contributed by atoms with Crippen molar-refractivity contribution in [3.63, 3.8) is 0 Å². The van der Waals surface area contributed by atoms with Gasteiger partial charge in [-0.05, 0) is 82.2 Å². The zero-order valence-corrected chi connectivity index (χ0v) is 23.4. The molecular formula is C30H36F3N5O2. The lowest BCUT2D eigenvalue weighted by Gasteiger charge is -2.34. The van der Waals surface area contributed by atoms with Crippen LogP contribution in [0.25, 0.3) is 0 Å². The minimum Gasteiger partial charge on any atom is -0.444 e.